The first-order valence-corrected chi connectivity index (χ1v) is 7.35. The van der Waals surface area contributed by atoms with Crippen molar-refractivity contribution in [3.05, 3.63) is 59.7 Å². The minimum absolute atomic E-state index is 0.0471. The van der Waals surface area contributed by atoms with Crippen LogP contribution in [0.5, 0.6) is 0 Å². The molecule has 0 saturated heterocycles. The lowest BCUT2D eigenvalue weighted by molar-refractivity contribution is -0.143. The van der Waals surface area contributed by atoms with Gasteiger partial charge in [-0.05, 0) is 29.7 Å². The third-order valence-corrected chi connectivity index (χ3v) is 3.65. The molecule has 2 aromatic rings. The Morgan fingerprint density at radius 2 is 1.78 bits per heavy atom. The summed E-state index contributed by atoms with van der Waals surface area (Å²) in [4.78, 5) is 11.7. The monoisotopic (exact) mass is 342 g/mol. The largest absolute Gasteiger partial charge is 0.465 e. The predicted octanol–water partition coefficient (Wildman–Crippen LogP) is 5.22. The first-order chi connectivity index (χ1) is 10.8. The Labute approximate surface area is 136 Å². The van der Waals surface area contributed by atoms with E-state index in [4.69, 9.17) is 16.3 Å². The van der Waals surface area contributed by atoms with E-state index >= 15 is 0 Å². The number of carbonyl (C=O) groups is 1. The summed E-state index contributed by atoms with van der Waals surface area (Å²) < 4.78 is 44.7. The quantitative estimate of drug-likeness (QED) is 0.563. The van der Waals surface area contributed by atoms with Gasteiger partial charge < -0.3 is 4.74 Å². The first-order valence-electron chi connectivity index (χ1n) is 6.92. The van der Waals surface area contributed by atoms with Crippen LogP contribution in [-0.2, 0) is 15.7 Å². The molecule has 0 fully saturated rings. The minimum Gasteiger partial charge on any atom is -0.465 e. The Morgan fingerprint density at radius 1 is 1.13 bits per heavy atom. The summed E-state index contributed by atoms with van der Waals surface area (Å²) in [7, 11) is 0. The lowest BCUT2D eigenvalue weighted by Crippen LogP contribution is -2.17. The first kappa shape index (κ1) is 17.3. The number of hydrogen-bond acceptors (Lipinski definition) is 2. The highest BCUT2D eigenvalue weighted by molar-refractivity contribution is 6.30. The standard InChI is InChI=1S/C17H14ClF3O2/c1-2-23-16(22)15(18)13-9-8-12(10-14(13)17(19,20)21)11-6-4-3-5-7-11/h3-10,15H,2H2,1H3. The number of halogens is 4. The molecule has 23 heavy (non-hydrogen) atoms. The van der Waals surface area contributed by atoms with Gasteiger partial charge in [-0.3, -0.25) is 4.79 Å². The van der Waals surface area contributed by atoms with Crippen LogP contribution in [0.2, 0.25) is 0 Å². The van der Waals surface area contributed by atoms with Crippen molar-refractivity contribution in [2.75, 3.05) is 6.61 Å². The number of alkyl halides is 4. The van der Waals surface area contributed by atoms with E-state index in [2.05, 4.69) is 0 Å². The van der Waals surface area contributed by atoms with Crippen LogP contribution in [0.25, 0.3) is 11.1 Å². The minimum atomic E-state index is -4.63. The van der Waals surface area contributed by atoms with Gasteiger partial charge in [0.05, 0.1) is 12.2 Å². The van der Waals surface area contributed by atoms with E-state index < -0.39 is 23.1 Å². The summed E-state index contributed by atoms with van der Waals surface area (Å²) in [6.45, 7) is 1.61. The van der Waals surface area contributed by atoms with Crippen LogP contribution in [-0.4, -0.2) is 12.6 Å². The van der Waals surface area contributed by atoms with Crippen molar-refractivity contribution in [1.29, 1.82) is 0 Å². The second kappa shape index (κ2) is 7.04. The molecule has 1 unspecified atom stereocenters. The average molecular weight is 343 g/mol. The molecule has 0 amide bonds. The number of esters is 1. The van der Waals surface area contributed by atoms with Crippen molar-refractivity contribution in [3.63, 3.8) is 0 Å². The molecule has 122 valence electrons. The van der Waals surface area contributed by atoms with Crippen molar-refractivity contribution in [2.24, 2.45) is 0 Å². The van der Waals surface area contributed by atoms with Crippen molar-refractivity contribution >= 4 is 17.6 Å². The van der Waals surface area contributed by atoms with Crippen molar-refractivity contribution in [1.82, 2.24) is 0 Å². The van der Waals surface area contributed by atoms with Crippen molar-refractivity contribution in [2.45, 2.75) is 18.5 Å². The van der Waals surface area contributed by atoms with Crippen molar-refractivity contribution in [3.8, 4) is 11.1 Å². The lowest BCUT2D eigenvalue weighted by Gasteiger charge is -2.17. The van der Waals surface area contributed by atoms with Crippen LogP contribution in [0, 0.1) is 0 Å². The molecule has 0 bridgehead atoms. The third kappa shape index (κ3) is 4.05. The number of hydrogen-bond donors (Lipinski definition) is 0. The Morgan fingerprint density at radius 3 is 2.35 bits per heavy atom. The summed E-state index contributed by atoms with van der Waals surface area (Å²) in [5.41, 5.74) is -0.203. The molecule has 0 aliphatic carbocycles. The zero-order valence-corrected chi connectivity index (χ0v) is 13.0. The summed E-state index contributed by atoms with van der Waals surface area (Å²) in [6, 6.07) is 12.4. The molecule has 2 nitrogen and oxygen atoms in total. The van der Waals surface area contributed by atoms with E-state index in [1.165, 1.54) is 12.1 Å². The predicted molar refractivity (Wildman–Crippen MR) is 82.1 cm³/mol. The fraction of sp³-hybridized carbons (Fsp3) is 0.235. The fourth-order valence-corrected chi connectivity index (χ4v) is 2.43. The Bertz CT molecular complexity index is 684. The van der Waals surface area contributed by atoms with Gasteiger partial charge in [-0.1, -0.05) is 42.5 Å². The molecule has 6 heteroatoms. The smallest absolute Gasteiger partial charge is 0.416 e. The summed E-state index contributed by atoms with van der Waals surface area (Å²) in [5.74, 6) is -0.896. The van der Waals surface area contributed by atoms with E-state index in [1.807, 2.05) is 0 Å². The highest BCUT2D eigenvalue weighted by Crippen LogP contribution is 2.39. The van der Waals surface area contributed by atoms with Gasteiger partial charge in [0, 0.05) is 0 Å². The third-order valence-electron chi connectivity index (χ3n) is 3.23. The summed E-state index contributed by atoms with van der Waals surface area (Å²) in [6.07, 6.45) is -4.63. The van der Waals surface area contributed by atoms with E-state index in [-0.39, 0.29) is 12.2 Å². The van der Waals surface area contributed by atoms with Crippen LogP contribution in [0.1, 0.15) is 23.4 Å². The molecule has 0 aromatic heterocycles. The molecule has 0 saturated carbocycles. The molecule has 2 aromatic carbocycles. The van der Waals surface area contributed by atoms with Gasteiger partial charge in [0.15, 0.2) is 5.38 Å². The SMILES string of the molecule is CCOC(=O)C(Cl)c1ccc(-c2ccccc2)cc1C(F)(F)F. The summed E-state index contributed by atoms with van der Waals surface area (Å²) >= 11 is 5.87. The van der Waals surface area contributed by atoms with Gasteiger partial charge in [-0.2, -0.15) is 13.2 Å². The average Bonchev–Trinajstić information content (AvgIpc) is 2.54. The molecular formula is C17H14ClF3O2. The molecular weight excluding hydrogens is 329 g/mol. The molecule has 0 aliphatic heterocycles. The van der Waals surface area contributed by atoms with Gasteiger partial charge in [0.2, 0.25) is 0 Å². The van der Waals surface area contributed by atoms with E-state index in [1.54, 1.807) is 37.3 Å². The van der Waals surface area contributed by atoms with Gasteiger partial charge in [0.1, 0.15) is 0 Å². The topological polar surface area (TPSA) is 26.3 Å². The molecule has 0 radical (unpaired) electrons. The van der Waals surface area contributed by atoms with Crippen LogP contribution in [0.3, 0.4) is 0 Å². The van der Waals surface area contributed by atoms with Crippen LogP contribution < -0.4 is 0 Å². The highest BCUT2D eigenvalue weighted by Gasteiger charge is 2.37. The molecule has 2 rings (SSSR count). The zero-order valence-electron chi connectivity index (χ0n) is 12.2. The molecule has 0 heterocycles. The zero-order chi connectivity index (χ0) is 17.0. The van der Waals surface area contributed by atoms with Gasteiger partial charge >= 0.3 is 12.1 Å². The lowest BCUT2D eigenvalue weighted by atomic mass is 9.97. The highest BCUT2D eigenvalue weighted by atomic mass is 35.5. The number of carbonyl (C=O) groups excluding carboxylic acids is 1. The maximum atomic E-state index is 13.3. The summed E-state index contributed by atoms with van der Waals surface area (Å²) in [5, 5.41) is -1.50. The molecule has 0 N–H and O–H groups in total. The molecule has 1 atom stereocenters. The maximum absolute atomic E-state index is 13.3. The van der Waals surface area contributed by atoms with Crippen LogP contribution in [0.15, 0.2) is 48.5 Å². The second-order valence-corrected chi connectivity index (χ2v) is 5.22. The maximum Gasteiger partial charge on any atom is 0.416 e. The molecule has 0 aliphatic rings. The van der Waals surface area contributed by atoms with Crippen LogP contribution >= 0.6 is 11.6 Å². The van der Waals surface area contributed by atoms with Crippen LogP contribution in [0.4, 0.5) is 13.2 Å². The fourth-order valence-electron chi connectivity index (χ4n) is 2.18. The Hall–Kier alpha value is -2.01. The second-order valence-electron chi connectivity index (χ2n) is 4.78. The van der Waals surface area contributed by atoms with Gasteiger partial charge in [-0.25, -0.2) is 0 Å². The molecule has 0 spiro atoms. The van der Waals surface area contributed by atoms with Gasteiger partial charge in [0.25, 0.3) is 0 Å². The number of rotatable bonds is 4. The Kier molecular flexibility index (Phi) is 5.31. The van der Waals surface area contributed by atoms with Crippen molar-refractivity contribution < 1.29 is 22.7 Å². The van der Waals surface area contributed by atoms with E-state index in [9.17, 15) is 18.0 Å². The number of benzene rings is 2. The van der Waals surface area contributed by atoms with Gasteiger partial charge in [-0.15, -0.1) is 11.6 Å². The van der Waals surface area contributed by atoms with E-state index in [0.717, 1.165) is 6.07 Å². The normalized spacial score (nSPS) is 12.7. The number of ether oxygens (including phenoxy) is 1. The Balaban J connectivity index is 2.50. The van der Waals surface area contributed by atoms with E-state index in [0.29, 0.717) is 11.1 Å².